The van der Waals surface area contributed by atoms with Gasteiger partial charge in [0, 0.05) is 36.1 Å². The van der Waals surface area contributed by atoms with Crippen molar-refractivity contribution >= 4 is 32.9 Å². The summed E-state index contributed by atoms with van der Waals surface area (Å²) >= 11 is 0. The number of anilines is 3. The van der Waals surface area contributed by atoms with Gasteiger partial charge in [-0.2, -0.15) is 0 Å². The largest absolute Gasteiger partial charge is 0.379 e. The van der Waals surface area contributed by atoms with Gasteiger partial charge in [-0.25, -0.2) is 17.9 Å². The van der Waals surface area contributed by atoms with E-state index in [4.69, 9.17) is 9.84 Å². The fraction of sp³-hybridized carbons (Fsp3) is 0.357. The lowest BCUT2D eigenvalue weighted by atomic mass is 10.0. The molecule has 1 fully saturated rings. The molecule has 2 N–H and O–H groups in total. The number of aromatic nitrogens is 3. The molecule has 2 aliphatic rings. The first-order valence-corrected chi connectivity index (χ1v) is 14.9. The fourth-order valence-corrected chi connectivity index (χ4v) is 6.09. The second kappa shape index (κ2) is 10.4. The highest BCUT2D eigenvalue weighted by molar-refractivity contribution is 7.92. The Hall–Kier alpha value is -3.47. The van der Waals surface area contributed by atoms with Crippen molar-refractivity contribution in [2.75, 3.05) is 42.6 Å². The minimum Gasteiger partial charge on any atom is -0.379 e. The quantitative estimate of drug-likeness (QED) is 0.361. The second-order valence-electron chi connectivity index (χ2n) is 10.1. The summed E-state index contributed by atoms with van der Waals surface area (Å²) < 4.78 is 33.3. The van der Waals surface area contributed by atoms with E-state index in [1.54, 1.807) is 18.3 Å². The average molecular weight is 533 g/mol. The van der Waals surface area contributed by atoms with Gasteiger partial charge in [0.15, 0.2) is 0 Å². The molecule has 3 heterocycles. The van der Waals surface area contributed by atoms with Crippen molar-refractivity contribution in [3.05, 3.63) is 71.9 Å². The molecule has 1 saturated heterocycles. The maximum atomic E-state index is 11.7. The zero-order valence-electron chi connectivity index (χ0n) is 21.4. The van der Waals surface area contributed by atoms with Gasteiger partial charge >= 0.3 is 0 Å². The maximum Gasteiger partial charge on any atom is 0.245 e. The molecule has 0 bridgehead atoms. The second-order valence-corrected chi connectivity index (χ2v) is 11.8. The SMILES string of the molecule is CS(=O)(=O)Nc1cccc(-c2ccc3cnc(Nc4ccc5c(c4)CCC(N4CCOCC4)CC5)nn23)c1. The zero-order valence-corrected chi connectivity index (χ0v) is 22.2. The van der Waals surface area contributed by atoms with Crippen LogP contribution in [-0.4, -0.2) is 66.5 Å². The molecule has 0 spiro atoms. The Kier molecular flexibility index (Phi) is 6.77. The molecular formula is C28H32N6O3S. The number of hydrogen-bond donors (Lipinski definition) is 2. The monoisotopic (exact) mass is 532 g/mol. The molecule has 1 atom stereocenters. The van der Waals surface area contributed by atoms with Crippen LogP contribution in [0.4, 0.5) is 17.3 Å². The number of nitrogens with one attached hydrogen (secondary N) is 2. The molecule has 4 aromatic rings. The first-order valence-electron chi connectivity index (χ1n) is 13.0. The average Bonchev–Trinajstić information content (AvgIpc) is 3.20. The first-order chi connectivity index (χ1) is 18.4. The molecule has 198 valence electrons. The number of benzene rings is 2. The lowest BCUT2D eigenvalue weighted by Gasteiger charge is -2.33. The van der Waals surface area contributed by atoms with E-state index in [1.165, 1.54) is 24.0 Å². The molecule has 1 unspecified atom stereocenters. The van der Waals surface area contributed by atoms with Crippen LogP contribution in [0.3, 0.4) is 0 Å². The highest BCUT2D eigenvalue weighted by Gasteiger charge is 2.24. The summed E-state index contributed by atoms with van der Waals surface area (Å²) in [6.07, 6.45) is 7.44. The summed E-state index contributed by atoms with van der Waals surface area (Å²) in [6.45, 7) is 3.75. The lowest BCUT2D eigenvalue weighted by molar-refractivity contribution is 0.0136. The highest BCUT2D eigenvalue weighted by atomic mass is 32.2. The Morgan fingerprint density at radius 1 is 0.947 bits per heavy atom. The van der Waals surface area contributed by atoms with Crippen LogP contribution in [-0.2, 0) is 27.6 Å². The third-order valence-corrected chi connectivity index (χ3v) is 7.98. The van der Waals surface area contributed by atoms with Crippen LogP contribution in [0, 0.1) is 0 Å². The Labute approximate surface area is 222 Å². The molecule has 2 aromatic carbocycles. The van der Waals surface area contributed by atoms with Gasteiger partial charge in [0.2, 0.25) is 16.0 Å². The number of aryl methyl sites for hydroxylation is 2. The maximum absolute atomic E-state index is 11.7. The molecule has 2 aromatic heterocycles. The summed E-state index contributed by atoms with van der Waals surface area (Å²) in [7, 11) is -3.36. The van der Waals surface area contributed by atoms with Gasteiger partial charge in [-0.15, -0.1) is 5.10 Å². The number of nitrogens with zero attached hydrogens (tertiary/aromatic N) is 4. The molecule has 6 rings (SSSR count). The van der Waals surface area contributed by atoms with E-state index in [9.17, 15) is 8.42 Å². The van der Waals surface area contributed by atoms with Crippen LogP contribution in [0.2, 0.25) is 0 Å². The minimum atomic E-state index is -3.36. The van der Waals surface area contributed by atoms with Crippen molar-refractivity contribution < 1.29 is 13.2 Å². The number of morpholine rings is 1. The Morgan fingerprint density at radius 2 is 1.76 bits per heavy atom. The van der Waals surface area contributed by atoms with Crippen LogP contribution in [0.15, 0.2) is 60.8 Å². The normalized spacial score (nSPS) is 18.6. The summed E-state index contributed by atoms with van der Waals surface area (Å²) in [6, 6.07) is 18.4. The number of ether oxygens (including phenoxy) is 1. The van der Waals surface area contributed by atoms with Crippen LogP contribution in [0.25, 0.3) is 16.8 Å². The van der Waals surface area contributed by atoms with Gasteiger partial charge in [-0.1, -0.05) is 18.2 Å². The van der Waals surface area contributed by atoms with E-state index in [0.29, 0.717) is 17.7 Å². The predicted molar refractivity (Wildman–Crippen MR) is 149 cm³/mol. The van der Waals surface area contributed by atoms with Crippen molar-refractivity contribution in [2.24, 2.45) is 0 Å². The smallest absolute Gasteiger partial charge is 0.245 e. The minimum absolute atomic E-state index is 0.500. The van der Waals surface area contributed by atoms with Crippen molar-refractivity contribution in [1.82, 2.24) is 19.5 Å². The Bertz CT molecular complexity index is 1560. The van der Waals surface area contributed by atoms with Gasteiger partial charge in [0.1, 0.15) is 0 Å². The van der Waals surface area contributed by atoms with Gasteiger partial charge in [0.05, 0.1) is 36.9 Å². The molecule has 0 radical (unpaired) electrons. The predicted octanol–water partition coefficient (Wildman–Crippen LogP) is 4.09. The highest BCUT2D eigenvalue weighted by Crippen LogP contribution is 2.29. The van der Waals surface area contributed by atoms with E-state index in [2.05, 4.69) is 38.1 Å². The molecule has 38 heavy (non-hydrogen) atoms. The van der Waals surface area contributed by atoms with Gasteiger partial charge in [-0.3, -0.25) is 9.62 Å². The van der Waals surface area contributed by atoms with E-state index < -0.39 is 10.0 Å². The standard InChI is InChI=1S/C28H32N6O3S/c1-38(35,36)32-24-4-2-3-22(18-24)27-12-11-26-19-29-28(31-34(26)27)30-23-8-5-20-6-9-25(10-7-21(20)17-23)33-13-15-37-16-14-33/h2-5,8,11-12,17-19,25,32H,6-7,9-10,13-16H2,1H3,(H,30,31). The van der Waals surface area contributed by atoms with Gasteiger partial charge in [-0.05, 0) is 73.2 Å². The Balaban J connectivity index is 1.21. The summed E-state index contributed by atoms with van der Waals surface area (Å²) in [4.78, 5) is 7.12. The van der Waals surface area contributed by atoms with Crippen molar-refractivity contribution in [2.45, 2.75) is 31.7 Å². The van der Waals surface area contributed by atoms with Crippen LogP contribution in [0.1, 0.15) is 24.0 Å². The van der Waals surface area contributed by atoms with E-state index in [1.807, 2.05) is 28.8 Å². The third-order valence-electron chi connectivity index (χ3n) is 7.38. The molecule has 10 heteroatoms. The van der Waals surface area contributed by atoms with Crippen LogP contribution in [0.5, 0.6) is 0 Å². The number of fused-ring (bicyclic) bond motifs is 2. The molecule has 1 aliphatic carbocycles. The number of rotatable bonds is 6. The number of hydrogen-bond acceptors (Lipinski definition) is 7. The fourth-order valence-electron chi connectivity index (χ4n) is 5.54. The van der Waals surface area contributed by atoms with Crippen LogP contribution < -0.4 is 10.0 Å². The number of sulfonamides is 1. The molecule has 1 aliphatic heterocycles. The molecule has 0 saturated carbocycles. The summed E-state index contributed by atoms with van der Waals surface area (Å²) in [5, 5.41) is 8.14. The van der Waals surface area contributed by atoms with Crippen molar-refractivity contribution in [1.29, 1.82) is 0 Å². The van der Waals surface area contributed by atoms with E-state index in [0.717, 1.165) is 67.9 Å². The molecule has 9 nitrogen and oxygen atoms in total. The summed E-state index contributed by atoms with van der Waals surface area (Å²) in [5.41, 5.74) is 6.85. The van der Waals surface area contributed by atoms with E-state index >= 15 is 0 Å². The third kappa shape index (κ3) is 5.52. The van der Waals surface area contributed by atoms with Gasteiger partial charge < -0.3 is 10.1 Å². The molecular weight excluding hydrogens is 500 g/mol. The van der Waals surface area contributed by atoms with Crippen LogP contribution >= 0.6 is 0 Å². The van der Waals surface area contributed by atoms with Crippen molar-refractivity contribution in [3.8, 4) is 11.3 Å². The Morgan fingerprint density at radius 3 is 2.58 bits per heavy atom. The lowest BCUT2D eigenvalue weighted by Crippen LogP contribution is -2.43. The summed E-state index contributed by atoms with van der Waals surface area (Å²) in [5.74, 6) is 0.500. The first kappa shape index (κ1) is 24.8. The molecule has 0 amide bonds. The van der Waals surface area contributed by atoms with Crippen molar-refractivity contribution in [3.63, 3.8) is 0 Å². The zero-order chi connectivity index (χ0) is 26.1. The van der Waals surface area contributed by atoms with E-state index in [-0.39, 0.29) is 0 Å². The topological polar surface area (TPSA) is 101 Å². The van der Waals surface area contributed by atoms with Gasteiger partial charge in [0.25, 0.3) is 0 Å².